The van der Waals surface area contributed by atoms with Gasteiger partial charge in [0.2, 0.25) is 0 Å². The molecular formula is C15H18BrN3O. The van der Waals surface area contributed by atoms with Gasteiger partial charge in [0.25, 0.3) is 0 Å². The van der Waals surface area contributed by atoms with Crippen LogP contribution in [0, 0.1) is 0 Å². The largest absolute Gasteiger partial charge is 0.396 e. The van der Waals surface area contributed by atoms with Crippen LogP contribution in [0.25, 0.3) is 10.9 Å². The fourth-order valence-corrected chi connectivity index (χ4v) is 2.97. The van der Waals surface area contributed by atoms with E-state index in [0.717, 1.165) is 40.6 Å². The first kappa shape index (κ1) is 13.6. The van der Waals surface area contributed by atoms with Crippen LogP contribution in [-0.2, 0) is 4.74 Å². The lowest BCUT2D eigenvalue weighted by atomic mass is 10.1. The quantitative estimate of drug-likeness (QED) is 0.896. The van der Waals surface area contributed by atoms with Crippen molar-refractivity contribution in [2.75, 3.05) is 24.2 Å². The summed E-state index contributed by atoms with van der Waals surface area (Å²) in [7, 11) is 0. The Hall–Kier alpha value is -1.33. The van der Waals surface area contributed by atoms with Crippen LogP contribution in [0.2, 0.25) is 0 Å². The predicted octanol–water partition coefficient (Wildman–Crippen LogP) is 3.56. The second-order valence-corrected chi connectivity index (χ2v) is 6.02. The smallest absolute Gasteiger partial charge is 0.0743 e. The number of nitrogens with two attached hydrogens (primary N) is 1. The van der Waals surface area contributed by atoms with E-state index in [2.05, 4.69) is 26.2 Å². The third-order valence-corrected chi connectivity index (χ3v) is 4.14. The second-order valence-electron chi connectivity index (χ2n) is 5.10. The molecule has 1 aromatic carbocycles. The molecular weight excluding hydrogens is 318 g/mol. The number of rotatable bonds is 4. The van der Waals surface area contributed by atoms with Gasteiger partial charge in [-0.2, -0.15) is 0 Å². The number of nitrogens with zero attached hydrogens (tertiary/aromatic N) is 1. The van der Waals surface area contributed by atoms with Crippen molar-refractivity contribution < 1.29 is 4.74 Å². The van der Waals surface area contributed by atoms with Crippen LogP contribution in [0.1, 0.15) is 19.3 Å². The minimum atomic E-state index is 0.392. The van der Waals surface area contributed by atoms with E-state index < -0.39 is 0 Å². The summed E-state index contributed by atoms with van der Waals surface area (Å²) >= 11 is 3.50. The lowest BCUT2D eigenvalue weighted by Crippen LogP contribution is -2.13. The van der Waals surface area contributed by atoms with Crippen molar-refractivity contribution in [2.45, 2.75) is 25.4 Å². The third kappa shape index (κ3) is 2.88. The van der Waals surface area contributed by atoms with Gasteiger partial charge in [-0.3, -0.25) is 4.98 Å². The number of anilines is 2. The average Bonchev–Trinajstić information content (AvgIpc) is 2.94. The Bertz CT molecular complexity index is 606. The normalized spacial score (nSPS) is 18.6. The summed E-state index contributed by atoms with van der Waals surface area (Å²) in [4.78, 5) is 4.36. The maximum absolute atomic E-state index is 6.06. The molecule has 2 heterocycles. The number of nitrogens with one attached hydrogen (secondary N) is 1. The zero-order valence-electron chi connectivity index (χ0n) is 11.2. The van der Waals surface area contributed by atoms with Gasteiger partial charge >= 0.3 is 0 Å². The van der Waals surface area contributed by atoms with Crippen LogP contribution < -0.4 is 11.1 Å². The number of hydrogen-bond acceptors (Lipinski definition) is 4. The molecule has 0 saturated carbocycles. The highest BCUT2D eigenvalue weighted by atomic mass is 79.9. The molecule has 0 bridgehead atoms. The van der Waals surface area contributed by atoms with Crippen molar-refractivity contribution in [3.05, 3.63) is 28.9 Å². The summed E-state index contributed by atoms with van der Waals surface area (Å²) in [5.41, 5.74) is 8.66. The molecule has 1 fully saturated rings. The summed E-state index contributed by atoms with van der Waals surface area (Å²) < 4.78 is 6.66. The highest BCUT2D eigenvalue weighted by Gasteiger charge is 2.15. The maximum atomic E-state index is 6.06. The summed E-state index contributed by atoms with van der Waals surface area (Å²) in [6.07, 6.45) is 5.46. The molecule has 3 rings (SSSR count). The molecule has 20 heavy (non-hydrogen) atoms. The molecule has 1 aromatic heterocycles. The molecule has 0 amide bonds. The number of hydrogen-bond donors (Lipinski definition) is 2. The van der Waals surface area contributed by atoms with Crippen molar-refractivity contribution in [3.8, 4) is 0 Å². The van der Waals surface area contributed by atoms with E-state index in [1.807, 2.05) is 18.2 Å². The van der Waals surface area contributed by atoms with Gasteiger partial charge in [0.1, 0.15) is 0 Å². The number of ether oxygens (including phenoxy) is 1. The highest BCUT2D eigenvalue weighted by Crippen LogP contribution is 2.30. The molecule has 1 aliphatic heterocycles. The van der Waals surface area contributed by atoms with Crippen molar-refractivity contribution in [1.29, 1.82) is 0 Å². The van der Waals surface area contributed by atoms with Gasteiger partial charge in [-0.25, -0.2) is 0 Å². The van der Waals surface area contributed by atoms with Gasteiger partial charge in [-0.15, -0.1) is 0 Å². The number of nitrogen functional groups attached to an aromatic ring is 1. The van der Waals surface area contributed by atoms with Gasteiger partial charge in [0.15, 0.2) is 0 Å². The predicted molar refractivity (Wildman–Crippen MR) is 85.9 cm³/mol. The highest BCUT2D eigenvalue weighted by molar-refractivity contribution is 9.10. The fourth-order valence-electron chi connectivity index (χ4n) is 2.61. The first-order valence-corrected chi connectivity index (χ1v) is 7.72. The summed E-state index contributed by atoms with van der Waals surface area (Å²) in [6, 6.07) is 6.03. The first-order chi connectivity index (χ1) is 9.74. The Labute approximate surface area is 126 Å². The molecule has 3 N–H and O–H groups in total. The van der Waals surface area contributed by atoms with E-state index in [4.69, 9.17) is 10.5 Å². The van der Waals surface area contributed by atoms with Crippen LogP contribution in [0.5, 0.6) is 0 Å². The van der Waals surface area contributed by atoms with Gasteiger partial charge in [-0.05, 0) is 37.5 Å². The average molecular weight is 336 g/mol. The number of aromatic nitrogens is 1. The Morgan fingerprint density at radius 3 is 3.15 bits per heavy atom. The van der Waals surface area contributed by atoms with Crippen molar-refractivity contribution in [3.63, 3.8) is 0 Å². The molecule has 0 aliphatic carbocycles. The van der Waals surface area contributed by atoms with Crippen LogP contribution >= 0.6 is 15.9 Å². The number of benzene rings is 1. The summed E-state index contributed by atoms with van der Waals surface area (Å²) in [5, 5.41) is 4.49. The van der Waals surface area contributed by atoms with Crippen molar-refractivity contribution >= 4 is 38.2 Å². The van der Waals surface area contributed by atoms with Gasteiger partial charge in [-0.1, -0.05) is 15.9 Å². The standard InChI is InChI=1S/C15H18BrN3O/c16-10-3-4-14-12(8-10)15(13(17)9-19-14)18-6-5-11-2-1-7-20-11/h3-4,8-9,11H,1-2,5-7,17H2,(H,18,19). The van der Waals surface area contributed by atoms with Crippen molar-refractivity contribution in [2.24, 2.45) is 0 Å². The molecule has 0 spiro atoms. The molecule has 1 aliphatic rings. The zero-order chi connectivity index (χ0) is 13.9. The molecule has 106 valence electrons. The molecule has 0 radical (unpaired) electrons. The van der Waals surface area contributed by atoms with Crippen LogP contribution in [0.3, 0.4) is 0 Å². The van der Waals surface area contributed by atoms with E-state index >= 15 is 0 Å². The zero-order valence-corrected chi connectivity index (χ0v) is 12.8. The lowest BCUT2D eigenvalue weighted by Gasteiger charge is -2.14. The minimum Gasteiger partial charge on any atom is -0.396 e. The molecule has 4 nitrogen and oxygen atoms in total. The maximum Gasteiger partial charge on any atom is 0.0743 e. The Kier molecular flexibility index (Phi) is 4.08. The van der Waals surface area contributed by atoms with Crippen molar-refractivity contribution in [1.82, 2.24) is 4.98 Å². The summed E-state index contributed by atoms with van der Waals surface area (Å²) in [5.74, 6) is 0. The molecule has 1 unspecified atom stereocenters. The molecule has 5 heteroatoms. The van der Waals surface area contributed by atoms with E-state index in [1.54, 1.807) is 6.20 Å². The first-order valence-electron chi connectivity index (χ1n) is 6.93. The molecule has 2 aromatic rings. The topological polar surface area (TPSA) is 60.2 Å². The van der Waals surface area contributed by atoms with E-state index in [9.17, 15) is 0 Å². The van der Waals surface area contributed by atoms with Gasteiger partial charge < -0.3 is 15.8 Å². The Morgan fingerprint density at radius 2 is 2.35 bits per heavy atom. The molecule has 1 saturated heterocycles. The third-order valence-electron chi connectivity index (χ3n) is 3.65. The lowest BCUT2D eigenvalue weighted by molar-refractivity contribution is 0.107. The summed E-state index contributed by atoms with van der Waals surface area (Å²) in [6.45, 7) is 1.76. The number of pyridine rings is 1. The Balaban J connectivity index is 1.78. The van der Waals surface area contributed by atoms with Gasteiger partial charge in [0, 0.05) is 23.0 Å². The van der Waals surface area contributed by atoms with E-state index in [1.165, 1.54) is 12.8 Å². The number of halogens is 1. The van der Waals surface area contributed by atoms with Crippen LogP contribution in [-0.4, -0.2) is 24.2 Å². The molecule has 1 atom stereocenters. The Morgan fingerprint density at radius 1 is 1.45 bits per heavy atom. The van der Waals surface area contributed by atoms with E-state index in [0.29, 0.717) is 11.8 Å². The van der Waals surface area contributed by atoms with Crippen LogP contribution in [0.4, 0.5) is 11.4 Å². The monoisotopic (exact) mass is 335 g/mol. The SMILES string of the molecule is Nc1cnc2ccc(Br)cc2c1NCCC1CCCO1. The van der Waals surface area contributed by atoms with Crippen LogP contribution in [0.15, 0.2) is 28.9 Å². The van der Waals surface area contributed by atoms with Gasteiger partial charge in [0.05, 0.1) is 29.2 Å². The minimum absolute atomic E-state index is 0.392. The fraction of sp³-hybridized carbons (Fsp3) is 0.400. The van der Waals surface area contributed by atoms with E-state index in [-0.39, 0.29) is 0 Å². The number of fused-ring (bicyclic) bond motifs is 1. The second kappa shape index (κ2) is 5.97.